The Labute approximate surface area is 96.0 Å². The van der Waals surface area contributed by atoms with Gasteiger partial charge >= 0.3 is 12.0 Å². The number of methoxy groups -OCH3 is 1. The van der Waals surface area contributed by atoms with Crippen molar-refractivity contribution in [3.05, 3.63) is 11.1 Å². The number of aromatic nitrogens is 1. The number of anilines is 1. The fourth-order valence-corrected chi connectivity index (χ4v) is 1.67. The van der Waals surface area contributed by atoms with Crippen LogP contribution in [0.1, 0.15) is 9.67 Å². The number of carbonyl (C=O) groups is 2. The van der Waals surface area contributed by atoms with Gasteiger partial charge in [0.2, 0.25) is 0 Å². The summed E-state index contributed by atoms with van der Waals surface area (Å²) in [5.74, 6) is -0.416. The maximum atomic E-state index is 11.1. The molecule has 1 heterocycles. The summed E-state index contributed by atoms with van der Waals surface area (Å²) in [6.45, 7) is 0.875. The number of nitrogens with zero attached hydrogens (tertiary/aromatic N) is 1. The summed E-state index contributed by atoms with van der Waals surface area (Å²) in [7, 11) is 1.31. The van der Waals surface area contributed by atoms with Crippen LogP contribution in [0.25, 0.3) is 0 Å². The molecule has 7 nitrogen and oxygen atoms in total. The number of esters is 1. The van der Waals surface area contributed by atoms with Gasteiger partial charge in [-0.15, -0.1) is 0 Å². The van der Waals surface area contributed by atoms with Crippen LogP contribution in [-0.4, -0.2) is 37.2 Å². The van der Waals surface area contributed by atoms with Crippen LogP contribution in [-0.2, 0) is 4.74 Å². The Bertz CT molecular complexity index is 379. The average Bonchev–Trinajstić information content (AvgIpc) is 2.71. The molecule has 2 amide bonds. The van der Waals surface area contributed by atoms with Crippen molar-refractivity contribution < 1.29 is 14.3 Å². The van der Waals surface area contributed by atoms with Gasteiger partial charge in [-0.2, -0.15) is 0 Å². The third-order valence-corrected chi connectivity index (χ3v) is 2.53. The fourth-order valence-electron chi connectivity index (χ4n) is 0.906. The van der Waals surface area contributed by atoms with Crippen LogP contribution in [0.3, 0.4) is 0 Å². The second-order valence-electron chi connectivity index (χ2n) is 2.74. The number of hydrogen-bond acceptors (Lipinski definition) is 6. The van der Waals surface area contributed by atoms with E-state index in [1.165, 1.54) is 24.6 Å². The van der Waals surface area contributed by atoms with Gasteiger partial charge in [0.15, 0.2) is 5.13 Å². The molecule has 8 heteroatoms. The molecule has 0 unspecified atom stereocenters. The van der Waals surface area contributed by atoms with Crippen LogP contribution in [0.15, 0.2) is 6.20 Å². The summed E-state index contributed by atoms with van der Waals surface area (Å²) < 4.78 is 4.54. The first kappa shape index (κ1) is 12.2. The van der Waals surface area contributed by atoms with E-state index in [0.717, 1.165) is 0 Å². The number of nitrogens with one attached hydrogen (secondary N) is 2. The van der Waals surface area contributed by atoms with Crippen LogP contribution in [0.2, 0.25) is 0 Å². The number of primary amides is 1. The number of amides is 2. The minimum atomic E-state index is -0.573. The van der Waals surface area contributed by atoms with Gasteiger partial charge < -0.3 is 21.1 Å². The molecule has 1 rings (SSSR count). The van der Waals surface area contributed by atoms with Crippen LogP contribution in [0.5, 0.6) is 0 Å². The monoisotopic (exact) mass is 244 g/mol. The van der Waals surface area contributed by atoms with Gasteiger partial charge in [0.1, 0.15) is 4.88 Å². The lowest BCUT2D eigenvalue weighted by Crippen LogP contribution is -2.33. The molecule has 0 aromatic carbocycles. The zero-order valence-corrected chi connectivity index (χ0v) is 9.47. The lowest BCUT2D eigenvalue weighted by Gasteiger charge is -2.02. The highest BCUT2D eigenvalue weighted by atomic mass is 32.1. The molecule has 0 radical (unpaired) electrons. The van der Waals surface area contributed by atoms with Gasteiger partial charge in [-0.25, -0.2) is 14.6 Å². The van der Waals surface area contributed by atoms with Crippen molar-refractivity contribution in [2.45, 2.75) is 0 Å². The zero-order valence-electron chi connectivity index (χ0n) is 8.65. The highest BCUT2D eigenvalue weighted by Gasteiger charge is 2.09. The topological polar surface area (TPSA) is 106 Å². The molecule has 0 saturated heterocycles. The second kappa shape index (κ2) is 5.91. The first-order chi connectivity index (χ1) is 7.63. The standard InChI is InChI=1S/C8H12N4O3S/c1-15-6(13)5-4-12-8(16-5)11-3-2-10-7(9)14/h4H,2-3H2,1H3,(H,11,12)(H3,9,10,14). The van der Waals surface area contributed by atoms with E-state index in [1.807, 2.05) is 0 Å². The first-order valence-corrected chi connectivity index (χ1v) is 5.26. The maximum absolute atomic E-state index is 11.1. The van der Waals surface area contributed by atoms with E-state index in [2.05, 4.69) is 20.4 Å². The molecular weight excluding hydrogens is 232 g/mol. The van der Waals surface area contributed by atoms with Crippen molar-refractivity contribution in [1.29, 1.82) is 0 Å². The summed E-state index contributed by atoms with van der Waals surface area (Å²) >= 11 is 1.18. The number of urea groups is 1. The molecule has 0 aliphatic carbocycles. The first-order valence-electron chi connectivity index (χ1n) is 4.45. The minimum Gasteiger partial charge on any atom is -0.465 e. The fraction of sp³-hybridized carbons (Fsp3) is 0.375. The normalized spacial score (nSPS) is 9.56. The molecule has 1 aromatic rings. The average molecular weight is 244 g/mol. The molecule has 4 N–H and O–H groups in total. The van der Waals surface area contributed by atoms with E-state index in [4.69, 9.17) is 5.73 Å². The van der Waals surface area contributed by atoms with Crippen molar-refractivity contribution in [2.24, 2.45) is 5.73 Å². The van der Waals surface area contributed by atoms with Gasteiger partial charge in [0, 0.05) is 13.1 Å². The minimum absolute atomic E-state index is 0.391. The maximum Gasteiger partial charge on any atom is 0.349 e. The van der Waals surface area contributed by atoms with E-state index in [9.17, 15) is 9.59 Å². The van der Waals surface area contributed by atoms with E-state index in [1.54, 1.807) is 0 Å². The van der Waals surface area contributed by atoms with E-state index in [0.29, 0.717) is 23.1 Å². The Hall–Kier alpha value is -1.83. The summed E-state index contributed by atoms with van der Waals surface area (Å²) in [5, 5.41) is 5.94. The van der Waals surface area contributed by atoms with Gasteiger partial charge in [-0.1, -0.05) is 11.3 Å². The molecule has 0 bridgehead atoms. The van der Waals surface area contributed by atoms with Crippen molar-refractivity contribution >= 4 is 28.5 Å². The SMILES string of the molecule is COC(=O)c1cnc(NCCNC(N)=O)s1. The number of rotatable bonds is 5. The molecule has 1 aromatic heterocycles. The molecule has 0 aliphatic rings. The number of nitrogens with two attached hydrogens (primary N) is 1. The van der Waals surface area contributed by atoms with Gasteiger partial charge in [-0.3, -0.25) is 0 Å². The van der Waals surface area contributed by atoms with Crippen LogP contribution >= 0.6 is 11.3 Å². The lowest BCUT2D eigenvalue weighted by molar-refractivity contribution is 0.0606. The largest absolute Gasteiger partial charge is 0.465 e. The summed E-state index contributed by atoms with van der Waals surface area (Å²) in [5.41, 5.74) is 4.88. The van der Waals surface area contributed by atoms with Crippen molar-refractivity contribution in [3.8, 4) is 0 Å². The number of thiazole rings is 1. The van der Waals surface area contributed by atoms with E-state index >= 15 is 0 Å². The molecule has 0 aliphatic heterocycles. The zero-order chi connectivity index (χ0) is 12.0. The molecule has 0 saturated carbocycles. The number of hydrogen-bond donors (Lipinski definition) is 3. The van der Waals surface area contributed by atoms with E-state index in [-0.39, 0.29) is 0 Å². The van der Waals surface area contributed by atoms with Crippen LogP contribution in [0.4, 0.5) is 9.93 Å². The van der Waals surface area contributed by atoms with Gasteiger partial charge in [0.25, 0.3) is 0 Å². The Kier molecular flexibility index (Phi) is 4.52. The highest BCUT2D eigenvalue weighted by molar-refractivity contribution is 7.17. The Morgan fingerprint density at radius 1 is 1.56 bits per heavy atom. The summed E-state index contributed by atoms with van der Waals surface area (Å²) in [4.78, 5) is 25.8. The number of carbonyl (C=O) groups excluding carboxylic acids is 2. The second-order valence-corrected chi connectivity index (χ2v) is 3.77. The molecular formula is C8H12N4O3S. The third-order valence-electron chi connectivity index (χ3n) is 1.59. The van der Waals surface area contributed by atoms with Crippen molar-refractivity contribution in [3.63, 3.8) is 0 Å². The Morgan fingerprint density at radius 2 is 2.31 bits per heavy atom. The van der Waals surface area contributed by atoms with Crippen LogP contribution < -0.4 is 16.4 Å². The quantitative estimate of drug-likeness (QED) is 0.499. The van der Waals surface area contributed by atoms with E-state index < -0.39 is 12.0 Å². The smallest absolute Gasteiger partial charge is 0.349 e. The number of ether oxygens (including phenoxy) is 1. The Morgan fingerprint density at radius 3 is 2.94 bits per heavy atom. The molecule has 0 atom stereocenters. The predicted molar refractivity (Wildman–Crippen MR) is 59.5 cm³/mol. The van der Waals surface area contributed by atoms with Crippen LogP contribution in [0, 0.1) is 0 Å². The third kappa shape index (κ3) is 3.73. The predicted octanol–water partition coefficient (Wildman–Crippen LogP) is 0.00990. The Balaban J connectivity index is 2.35. The molecule has 88 valence electrons. The van der Waals surface area contributed by atoms with Crippen molar-refractivity contribution in [2.75, 3.05) is 25.5 Å². The van der Waals surface area contributed by atoms with Crippen molar-refractivity contribution in [1.82, 2.24) is 10.3 Å². The lowest BCUT2D eigenvalue weighted by atomic mass is 10.6. The molecule has 0 fully saturated rings. The summed E-state index contributed by atoms with van der Waals surface area (Å²) in [6, 6.07) is -0.573. The molecule has 16 heavy (non-hydrogen) atoms. The summed E-state index contributed by atoms with van der Waals surface area (Å²) in [6.07, 6.45) is 1.43. The molecule has 0 spiro atoms. The van der Waals surface area contributed by atoms with Gasteiger partial charge in [-0.05, 0) is 0 Å². The van der Waals surface area contributed by atoms with Gasteiger partial charge in [0.05, 0.1) is 13.3 Å². The highest BCUT2D eigenvalue weighted by Crippen LogP contribution is 2.18.